The molecule has 0 aliphatic carbocycles. The summed E-state index contributed by atoms with van der Waals surface area (Å²) < 4.78 is 14.7. The van der Waals surface area contributed by atoms with Gasteiger partial charge in [0.05, 0.1) is 23.1 Å². The van der Waals surface area contributed by atoms with Crippen LogP contribution in [0, 0.1) is 12.7 Å². The van der Waals surface area contributed by atoms with Gasteiger partial charge in [-0.1, -0.05) is 0 Å². The Bertz CT molecular complexity index is 698. The third-order valence-corrected chi connectivity index (χ3v) is 4.25. The molecule has 6 nitrogen and oxygen atoms in total. The first-order chi connectivity index (χ1) is 11.6. The van der Waals surface area contributed by atoms with Crippen molar-refractivity contribution in [2.45, 2.75) is 6.92 Å². The SMILES string of the molecule is Cc1c(C(=O)NCCN2CCNCC2)cnn1-c1ccc(F)cc1.Cl. The Morgan fingerprint density at radius 3 is 2.64 bits per heavy atom. The normalized spacial score (nSPS) is 14.8. The monoisotopic (exact) mass is 367 g/mol. The Balaban J connectivity index is 0.00000225. The van der Waals surface area contributed by atoms with Crippen LogP contribution in [0.2, 0.25) is 0 Å². The van der Waals surface area contributed by atoms with E-state index in [1.165, 1.54) is 12.1 Å². The van der Waals surface area contributed by atoms with E-state index in [0.29, 0.717) is 12.1 Å². The molecule has 0 saturated carbocycles. The summed E-state index contributed by atoms with van der Waals surface area (Å²) in [5, 5.41) is 10.5. The Hall–Kier alpha value is -1.96. The highest BCUT2D eigenvalue weighted by atomic mass is 35.5. The summed E-state index contributed by atoms with van der Waals surface area (Å²) in [6.07, 6.45) is 1.55. The molecule has 0 spiro atoms. The second-order valence-corrected chi connectivity index (χ2v) is 5.88. The van der Waals surface area contributed by atoms with Crippen molar-refractivity contribution in [3.05, 3.63) is 47.5 Å². The lowest BCUT2D eigenvalue weighted by Gasteiger charge is -2.27. The molecule has 2 N–H and O–H groups in total. The van der Waals surface area contributed by atoms with E-state index in [-0.39, 0.29) is 24.1 Å². The molecule has 25 heavy (non-hydrogen) atoms. The van der Waals surface area contributed by atoms with Crippen LogP contribution in [-0.2, 0) is 0 Å². The molecule has 0 bridgehead atoms. The number of carbonyl (C=O) groups excluding carboxylic acids is 1. The largest absolute Gasteiger partial charge is 0.351 e. The standard InChI is InChI=1S/C17H22FN5O.ClH/c1-13-16(12-21-23(13)15-4-2-14(18)3-5-15)17(24)20-8-11-22-9-6-19-7-10-22;/h2-5,12,19H,6-11H2,1H3,(H,20,24);1H. The van der Waals surface area contributed by atoms with Gasteiger partial charge in [0.1, 0.15) is 5.82 Å². The number of nitrogens with one attached hydrogen (secondary N) is 2. The Morgan fingerprint density at radius 2 is 1.96 bits per heavy atom. The van der Waals surface area contributed by atoms with Gasteiger partial charge in [-0.05, 0) is 31.2 Å². The molecule has 1 aliphatic rings. The average Bonchev–Trinajstić information content (AvgIpc) is 2.98. The van der Waals surface area contributed by atoms with Gasteiger partial charge in [-0.15, -0.1) is 12.4 Å². The minimum absolute atomic E-state index is 0. The fourth-order valence-electron chi connectivity index (χ4n) is 2.83. The smallest absolute Gasteiger partial charge is 0.254 e. The second-order valence-electron chi connectivity index (χ2n) is 5.88. The summed E-state index contributed by atoms with van der Waals surface area (Å²) in [6.45, 7) is 7.31. The van der Waals surface area contributed by atoms with Crippen LogP contribution >= 0.6 is 12.4 Å². The van der Waals surface area contributed by atoms with Crippen molar-refractivity contribution in [3.63, 3.8) is 0 Å². The van der Waals surface area contributed by atoms with Crippen LogP contribution in [-0.4, -0.2) is 59.9 Å². The fourth-order valence-corrected chi connectivity index (χ4v) is 2.83. The van der Waals surface area contributed by atoms with E-state index >= 15 is 0 Å². The molecule has 3 rings (SSSR count). The van der Waals surface area contributed by atoms with Crippen molar-refractivity contribution in [1.29, 1.82) is 0 Å². The molecular formula is C17H23ClFN5O. The lowest BCUT2D eigenvalue weighted by molar-refractivity contribution is 0.0946. The number of benzene rings is 1. The van der Waals surface area contributed by atoms with Gasteiger partial charge >= 0.3 is 0 Å². The summed E-state index contributed by atoms with van der Waals surface area (Å²) >= 11 is 0. The maximum absolute atomic E-state index is 13.0. The first-order valence-electron chi connectivity index (χ1n) is 8.17. The summed E-state index contributed by atoms with van der Waals surface area (Å²) in [4.78, 5) is 14.7. The third kappa shape index (κ3) is 4.78. The molecular weight excluding hydrogens is 345 g/mol. The Labute approximate surface area is 152 Å². The van der Waals surface area contributed by atoms with Crippen molar-refractivity contribution in [1.82, 2.24) is 25.3 Å². The maximum Gasteiger partial charge on any atom is 0.254 e. The number of aromatic nitrogens is 2. The van der Waals surface area contributed by atoms with Gasteiger partial charge in [0, 0.05) is 39.3 Å². The summed E-state index contributed by atoms with van der Waals surface area (Å²) in [7, 11) is 0. The van der Waals surface area contributed by atoms with E-state index in [9.17, 15) is 9.18 Å². The van der Waals surface area contributed by atoms with Crippen LogP contribution in [0.25, 0.3) is 5.69 Å². The first kappa shape index (κ1) is 19.4. The molecule has 1 aromatic heterocycles. The van der Waals surface area contributed by atoms with Gasteiger partial charge in [-0.2, -0.15) is 5.10 Å². The van der Waals surface area contributed by atoms with Gasteiger partial charge in [0.2, 0.25) is 0 Å². The summed E-state index contributed by atoms with van der Waals surface area (Å²) in [6, 6.07) is 6.04. The van der Waals surface area contributed by atoms with Gasteiger partial charge < -0.3 is 10.6 Å². The van der Waals surface area contributed by atoms with Crippen LogP contribution < -0.4 is 10.6 Å². The molecule has 0 radical (unpaired) electrons. The van der Waals surface area contributed by atoms with Crippen molar-refractivity contribution < 1.29 is 9.18 Å². The number of carbonyl (C=O) groups is 1. The quantitative estimate of drug-likeness (QED) is 0.838. The lowest BCUT2D eigenvalue weighted by Crippen LogP contribution is -2.46. The molecule has 8 heteroatoms. The van der Waals surface area contributed by atoms with Crippen LogP contribution in [0.15, 0.2) is 30.5 Å². The molecule has 2 heterocycles. The fraction of sp³-hybridized carbons (Fsp3) is 0.412. The third-order valence-electron chi connectivity index (χ3n) is 4.25. The van der Waals surface area contributed by atoms with E-state index in [1.54, 1.807) is 23.0 Å². The lowest BCUT2D eigenvalue weighted by atomic mass is 10.2. The van der Waals surface area contributed by atoms with Crippen molar-refractivity contribution in [2.24, 2.45) is 0 Å². The number of hydrogen-bond acceptors (Lipinski definition) is 4. The number of hydrogen-bond donors (Lipinski definition) is 2. The maximum atomic E-state index is 13.0. The highest BCUT2D eigenvalue weighted by Gasteiger charge is 2.15. The van der Waals surface area contributed by atoms with E-state index in [2.05, 4.69) is 20.6 Å². The zero-order valence-electron chi connectivity index (χ0n) is 14.2. The van der Waals surface area contributed by atoms with E-state index in [4.69, 9.17) is 0 Å². The summed E-state index contributed by atoms with van der Waals surface area (Å²) in [5.41, 5.74) is 2.01. The van der Waals surface area contributed by atoms with E-state index in [0.717, 1.165) is 44.1 Å². The first-order valence-corrected chi connectivity index (χ1v) is 8.17. The highest BCUT2D eigenvalue weighted by molar-refractivity contribution is 5.95. The van der Waals surface area contributed by atoms with Gasteiger partial charge in [-0.3, -0.25) is 9.69 Å². The topological polar surface area (TPSA) is 62.2 Å². The second kappa shape index (κ2) is 8.94. The molecule has 1 saturated heterocycles. The summed E-state index contributed by atoms with van der Waals surface area (Å²) in [5.74, 6) is -0.426. The minimum atomic E-state index is -0.297. The predicted octanol–water partition coefficient (Wildman–Crippen LogP) is 1.38. The van der Waals surface area contributed by atoms with Crippen LogP contribution in [0.3, 0.4) is 0 Å². The van der Waals surface area contributed by atoms with Crippen LogP contribution in [0.1, 0.15) is 16.1 Å². The van der Waals surface area contributed by atoms with Crippen LogP contribution in [0.5, 0.6) is 0 Å². The van der Waals surface area contributed by atoms with E-state index < -0.39 is 0 Å². The molecule has 1 aromatic carbocycles. The molecule has 1 amide bonds. The van der Waals surface area contributed by atoms with Crippen molar-refractivity contribution >= 4 is 18.3 Å². The van der Waals surface area contributed by atoms with E-state index in [1.807, 2.05) is 6.92 Å². The average molecular weight is 368 g/mol. The molecule has 0 unspecified atom stereocenters. The number of amides is 1. The minimum Gasteiger partial charge on any atom is -0.351 e. The molecule has 2 aromatic rings. The van der Waals surface area contributed by atoms with Gasteiger partial charge in [0.25, 0.3) is 5.91 Å². The number of nitrogens with zero attached hydrogens (tertiary/aromatic N) is 3. The number of halogens is 2. The Kier molecular flexibility index (Phi) is 6.92. The van der Waals surface area contributed by atoms with Crippen LogP contribution in [0.4, 0.5) is 4.39 Å². The van der Waals surface area contributed by atoms with Gasteiger partial charge in [-0.25, -0.2) is 9.07 Å². The zero-order valence-corrected chi connectivity index (χ0v) is 15.0. The number of piperazine rings is 1. The zero-order chi connectivity index (χ0) is 16.9. The molecule has 136 valence electrons. The highest BCUT2D eigenvalue weighted by Crippen LogP contribution is 2.14. The van der Waals surface area contributed by atoms with Crippen molar-refractivity contribution in [2.75, 3.05) is 39.3 Å². The number of rotatable bonds is 5. The Morgan fingerprint density at radius 1 is 1.28 bits per heavy atom. The predicted molar refractivity (Wildman–Crippen MR) is 97.1 cm³/mol. The molecule has 1 aliphatic heterocycles. The molecule has 1 fully saturated rings. The van der Waals surface area contributed by atoms with Gasteiger partial charge in [0.15, 0.2) is 0 Å². The van der Waals surface area contributed by atoms with Crippen molar-refractivity contribution in [3.8, 4) is 5.69 Å². The molecule has 0 atom stereocenters.